The van der Waals surface area contributed by atoms with E-state index in [-0.39, 0.29) is 6.04 Å². The molecule has 0 fully saturated rings. The Kier molecular flexibility index (Phi) is 5.44. The lowest BCUT2D eigenvalue weighted by Gasteiger charge is -2.17. The quantitative estimate of drug-likeness (QED) is 0.649. The Hall–Kier alpha value is -1.06. The van der Waals surface area contributed by atoms with E-state index in [2.05, 4.69) is 36.6 Å². The van der Waals surface area contributed by atoms with E-state index in [4.69, 9.17) is 29.0 Å². The molecule has 1 atom stereocenters. The lowest BCUT2D eigenvalue weighted by molar-refractivity contribution is 0.522. The van der Waals surface area contributed by atoms with Crippen molar-refractivity contribution in [2.45, 2.75) is 25.8 Å². The Balaban J connectivity index is 2.09. The van der Waals surface area contributed by atoms with Gasteiger partial charge in [0.1, 0.15) is 0 Å². The van der Waals surface area contributed by atoms with Crippen molar-refractivity contribution in [1.82, 2.24) is 5.43 Å². The van der Waals surface area contributed by atoms with E-state index in [1.54, 1.807) is 6.07 Å². The van der Waals surface area contributed by atoms with Crippen LogP contribution in [-0.2, 0) is 12.8 Å². The Bertz CT molecular complexity index is 567. The second kappa shape index (κ2) is 7.09. The average Bonchev–Trinajstić information content (AvgIpc) is 2.45. The molecule has 0 saturated heterocycles. The van der Waals surface area contributed by atoms with Crippen LogP contribution in [0.5, 0.6) is 0 Å². The molecule has 0 spiro atoms. The molecule has 3 N–H and O–H groups in total. The number of nitrogens with two attached hydrogens (primary N) is 1. The van der Waals surface area contributed by atoms with Crippen LogP contribution in [0.4, 0.5) is 0 Å². The summed E-state index contributed by atoms with van der Waals surface area (Å²) in [4.78, 5) is 0. The molecule has 0 saturated carbocycles. The Morgan fingerprint density at radius 3 is 2.40 bits per heavy atom. The van der Waals surface area contributed by atoms with E-state index in [0.717, 1.165) is 18.4 Å². The Morgan fingerprint density at radius 2 is 1.75 bits per heavy atom. The number of rotatable bonds is 5. The summed E-state index contributed by atoms with van der Waals surface area (Å²) in [5, 5.41) is 1.19. The molecule has 0 aromatic heterocycles. The van der Waals surface area contributed by atoms with Crippen molar-refractivity contribution in [2.24, 2.45) is 5.84 Å². The van der Waals surface area contributed by atoms with E-state index in [1.165, 1.54) is 11.1 Å². The van der Waals surface area contributed by atoms with Crippen molar-refractivity contribution in [3.8, 4) is 0 Å². The van der Waals surface area contributed by atoms with Gasteiger partial charge in [-0.25, -0.2) is 0 Å². The van der Waals surface area contributed by atoms with Crippen molar-refractivity contribution in [3.63, 3.8) is 0 Å². The fourth-order valence-electron chi connectivity index (χ4n) is 2.17. The summed E-state index contributed by atoms with van der Waals surface area (Å²) < 4.78 is 0. The monoisotopic (exact) mass is 308 g/mol. The van der Waals surface area contributed by atoms with E-state index < -0.39 is 0 Å². The minimum Gasteiger partial charge on any atom is -0.271 e. The third-order valence-corrected chi connectivity index (χ3v) is 4.19. The van der Waals surface area contributed by atoms with Crippen LogP contribution >= 0.6 is 23.2 Å². The molecule has 2 aromatic rings. The van der Waals surface area contributed by atoms with Gasteiger partial charge in [0, 0.05) is 6.04 Å². The highest BCUT2D eigenvalue weighted by Gasteiger charge is 2.12. The van der Waals surface area contributed by atoms with Crippen molar-refractivity contribution < 1.29 is 0 Å². The molecule has 106 valence electrons. The maximum absolute atomic E-state index is 6.22. The Morgan fingerprint density at radius 1 is 1.05 bits per heavy atom. The average molecular weight is 309 g/mol. The first-order chi connectivity index (χ1) is 9.60. The standard InChI is InChI=1S/C16H18Cl2N2/c1-11-5-7-12(8-6-11)9-14(20-19)10-13-3-2-4-15(17)16(13)18/h2-8,14,20H,9-10,19H2,1H3. The fourth-order valence-corrected chi connectivity index (χ4v) is 2.57. The van der Waals surface area contributed by atoms with Gasteiger partial charge in [0.2, 0.25) is 0 Å². The second-order valence-corrected chi connectivity index (χ2v) is 5.76. The molecule has 4 heteroatoms. The van der Waals surface area contributed by atoms with Crippen LogP contribution in [-0.4, -0.2) is 6.04 Å². The van der Waals surface area contributed by atoms with Gasteiger partial charge in [0.15, 0.2) is 0 Å². The number of halogens is 2. The zero-order valence-corrected chi connectivity index (χ0v) is 12.9. The topological polar surface area (TPSA) is 38.0 Å². The van der Waals surface area contributed by atoms with Crippen LogP contribution in [0.25, 0.3) is 0 Å². The molecule has 2 aromatic carbocycles. The molecule has 1 unspecified atom stereocenters. The molecule has 0 bridgehead atoms. The van der Waals surface area contributed by atoms with Gasteiger partial charge in [0.05, 0.1) is 10.0 Å². The molecule has 0 aliphatic rings. The first-order valence-corrected chi connectivity index (χ1v) is 7.30. The number of nitrogens with one attached hydrogen (secondary N) is 1. The van der Waals surface area contributed by atoms with Crippen LogP contribution in [0.15, 0.2) is 42.5 Å². The predicted molar refractivity (Wildman–Crippen MR) is 86.2 cm³/mol. The molecular weight excluding hydrogens is 291 g/mol. The van der Waals surface area contributed by atoms with Crippen LogP contribution < -0.4 is 11.3 Å². The molecule has 2 nitrogen and oxygen atoms in total. The van der Waals surface area contributed by atoms with Gasteiger partial charge in [-0.15, -0.1) is 0 Å². The summed E-state index contributed by atoms with van der Waals surface area (Å²) in [6, 6.07) is 14.3. The zero-order chi connectivity index (χ0) is 14.5. The molecule has 0 aliphatic carbocycles. The van der Waals surface area contributed by atoms with Crippen LogP contribution in [0.1, 0.15) is 16.7 Å². The minimum absolute atomic E-state index is 0.119. The summed E-state index contributed by atoms with van der Waals surface area (Å²) >= 11 is 12.3. The van der Waals surface area contributed by atoms with Crippen LogP contribution in [0.3, 0.4) is 0 Å². The molecule has 0 aliphatic heterocycles. The summed E-state index contributed by atoms with van der Waals surface area (Å²) in [7, 11) is 0. The van der Waals surface area contributed by atoms with Gasteiger partial charge in [0.25, 0.3) is 0 Å². The maximum Gasteiger partial charge on any atom is 0.0624 e. The number of hydrazine groups is 1. The maximum atomic E-state index is 6.22. The first-order valence-electron chi connectivity index (χ1n) is 6.54. The van der Waals surface area contributed by atoms with Gasteiger partial charge >= 0.3 is 0 Å². The van der Waals surface area contributed by atoms with Crippen molar-refractivity contribution >= 4 is 23.2 Å². The number of aryl methyl sites for hydroxylation is 1. The highest BCUT2D eigenvalue weighted by molar-refractivity contribution is 6.42. The molecule has 0 radical (unpaired) electrons. The van der Waals surface area contributed by atoms with Crippen molar-refractivity contribution in [3.05, 3.63) is 69.2 Å². The fraction of sp³-hybridized carbons (Fsp3) is 0.250. The Labute approximate surface area is 129 Å². The summed E-state index contributed by atoms with van der Waals surface area (Å²) in [5.74, 6) is 5.66. The molecule has 20 heavy (non-hydrogen) atoms. The summed E-state index contributed by atoms with van der Waals surface area (Å²) in [6.45, 7) is 2.08. The van der Waals surface area contributed by atoms with E-state index in [0.29, 0.717) is 10.0 Å². The lowest BCUT2D eigenvalue weighted by atomic mass is 9.99. The molecule has 0 amide bonds. The van der Waals surface area contributed by atoms with Gasteiger partial charge in [-0.3, -0.25) is 11.3 Å². The van der Waals surface area contributed by atoms with Crippen LogP contribution in [0, 0.1) is 6.92 Å². The molecule has 0 heterocycles. The molecular formula is C16H18Cl2N2. The SMILES string of the molecule is Cc1ccc(CC(Cc2cccc(Cl)c2Cl)NN)cc1. The summed E-state index contributed by atoms with van der Waals surface area (Å²) in [6.07, 6.45) is 1.59. The second-order valence-electron chi connectivity index (χ2n) is 4.97. The third-order valence-electron chi connectivity index (χ3n) is 3.34. The number of benzene rings is 2. The van der Waals surface area contributed by atoms with Gasteiger partial charge in [-0.2, -0.15) is 0 Å². The van der Waals surface area contributed by atoms with Crippen LogP contribution in [0.2, 0.25) is 10.0 Å². The third kappa shape index (κ3) is 3.97. The first kappa shape index (κ1) is 15.3. The minimum atomic E-state index is 0.119. The largest absolute Gasteiger partial charge is 0.271 e. The van der Waals surface area contributed by atoms with E-state index >= 15 is 0 Å². The normalized spacial score (nSPS) is 12.4. The van der Waals surface area contributed by atoms with Gasteiger partial charge in [-0.05, 0) is 37.0 Å². The number of hydrogen-bond acceptors (Lipinski definition) is 2. The highest BCUT2D eigenvalue weighted by atomic mass is 35.5. The smallest absolute Gasteiger partial charge is 0.0624 e. The predicted octanol–water partition coefficient (Wildman–Crippen LogP) is 3.92. The molecule has 2 rings (SSSR count). The lowest BCUT2D eigenvalue weighted by Crippen LogP contribution is -2.38. The van der Waals surface area contributed by atoms with Gasteiger partial charge in [-0.1, -0.05) is 65.2 Å². The van der Waals surface area contributed by atoms with Crippen molar-refractivity contribution in [1.29, 1.82) is 0 Å². The van der Waals surface area contributed by atoms with Gasteiger partial charge < -0.3 is 0 Å². The van der Waals surface area contributed by atoms with Crippen molar-refractivity contribution in [2.75, 3.05) is 0 Å². The summed E-state index contributed by atoms with van der Waals surface area (Å²) in [5.41, 5.74) is 6.37. The highest BCUT2D eigenvalue weighted by Crippen LogP contribution is 2.26. The number of hydrogen-bond donors (Lipinski definition) is 2. The van der Waals surface area contributed by atoms with E-state index in [1.807, 2.05) is 12.1 Å². The van der Waals surface area contributed by atoms with E-state index in [9.17, 15) is 0 Å². The zero-order valence-electron chi connectivity index (χ0n) is 11.4.